The molecule has 1 heterocycles. The molecule has 0 spiro atoms. The van der Waals surface area contributed by atoms with E-state index >= 15 is 0 Å². The van der Waals surface area contributed by atoms with Gasteiger partial charge in [-0.05, 0) is 31.2 Å². The summed E-state index contributed by atoms with van der Waals surface area (Å²) >= 11 is 0. The maximum atomic E-state index is 9.03. The Bertz CT molecular complexity index is 660. The third-order valence-electron chi connectivity index (χ3n) is 2.92. The fourth-order valence-corrected chi connectivity index (χ4v) is 1.84. The quantitative estimate of drug-likeness (QED) is 0.917. The zero-order chi connectivity index (χ0) is 14.7. The molecule has 2 aromatic rings. The number of hydrogen-bond donors (Lipinski definition) is 1. The molecule has 2 N–H and O–H groups in total. The summed E-state index contributed by atoms with van der Waals surface area (Å²) in [5, 5.41) is 9.03. The van der Waals surface area contributed by atoms with E-state index in [0.29, 0.717) is 11.6 Å². The molecule has 0 saturated heterocycles. The lowest BCUT2D eigenvalue weighted by molar-refractivity contribution is 0.415. The van der Waals surface area contributed by atoms with Crippen LogP contribution < -0.4 is 15.4 Å². The van der Waals surface area contributed by atoms with Crippen LogP contribution in [0, 0.1) is 18.3 Å². The van der Waals surface area contributed by atoms with E-state index in [-0.39, 0.29) is 11.4 Å². The van der Waals surface area contributed by atoms with E-state index in [0.717, 1.165) is 11.4 Å². The Kier molecular flexibility index (Phi) is 3.71. The second-order valence-electron chi connectivity index (χ2n) is 4.23. The number of nitrogens with two attached hydrogens (primary N) is 1. The summed E-state index contributed by atoms with van der Waals surface area (Å²) < 4.78 is 5.12. The maximum Gasteiger partial charge on any atom is 0.169 e. The number of benzene rings is 1. The van der Waals surface area contributed by atoms with Crippen molar-refractivity contribution in [3.05, 3.63) is 35.8 Å². The number of anilines is 3. The van der Waals surface area contributed by atoms with Crippen molar-refractivity contribution in [2.45, 2.75) is 6.92 Å². The molecule has 0 radical (unpaired) electrons. The number of aryl methyl sites for hydroxylation is 1. The normalized spacial score (nSPS) is 9.90. The van der Waals surface area contributed by atoms with Crippen LogP contribution in [0.3, 0.4) is 0 Å². The molecule has 0 aliphatic carbocycles. The van der Waals surface area contributed by atoms with Gasteiger partial charge >= 0.3 is 0 Å². The van der Waals surface area contributed by atoms with Gasteiger partial charge in [-0.3, -0.25) is 0 Å². The van der Waals surface area contributed by atoms with Crippen molar-refractivity contribution in [2.75, 3.05) is 24.8 Å². The lowest BCUT2D eigenvalue weighted by Crippen LogP contribution is -2.16. The van der Waals surface area contributed by atoms with E-state index < -0.39 is 0 Å². The Morgan fingerprint density at radius 3 is 2.45 bits per heavy atom. The van der Waals surface area contributed by atoms with Crippen molar-refractivity contribution in [3.8, 4) is 11.8 Å². The van der Waals surface area contributed by atoms with Crippen LogP contribution in [-0.2, 0) is 0 Å². The lowest BCUT2D eigenvalue weighted by Gasteiger charge is -2.20. The molecule has 1 aromatic heterocycles. The van der Waals surface area contributed by atoms with Gasteiger partial charge in [0.15, 0.2) is 11.5 Å². The summed E-state index contributed by atoms with van der Waals surface area (Å²) in [5.74, 6) is 1.79. The molecule has 0 atom stereocenters. The van der Waals surface area contributed by atoms with Crippen LogP contribution in [0.1, 0.15) is 11.5 Å². The standard InChI is InChI=1S/C14H15N5O/c1-9-17-12(8-15)13(16)14(18-9)19(2)10-4-6-11(20-3)7-5-10/h4-7H,16H2,1-3H3. The van der Waals surface area contributed by atoms with Gasteiger partial charge in [0.2, 0.25) is 0 Å². The van der Waals surface area contributed by atoms with Gasteiger partial charge in [-0.2, -0.15) is 5.26 Å². The average Bonchev–Trinajstić information content (AvgIpc) is 2.48. The second kappa shape index (κ2) is 5.45. The molecule has 0 amide bonds. The van der Waals surface area contributed by atoms with Crippen LogP contribution in [-0.4, -0.2) is 24.1 Å². The highest BCUT2D eigenvalue weighted by atomic mass is 16.5. The summed E-state index contributed by atoms with van der Waals surface area (Å²) in [6.07, 6.45) is 0. The first-order chi connectivity index (χ1) is 9.56. The van der Waals surface area contributed by atoms with E-state index in [1.165, 1.54) is 0 Å². The highest BCUT2D eigenvalue weighted by Crippen LogP contribution is 2.29. The summed E-state index contributed by atoms with van der Waals surface area (Å²) in [5.41, 5.74) is 7.29. The van der Waals surface area contributed by atoms with Crippen LogP contribution in [0.5, 0.6) is 5.75 Å². The largest absolute Gasteiger partial charge is 0.497 e. The zero-order valence-corrected chi connectivity index (χ0v) is 11.6. The van der Waals surface area contributed by atoms with Crippen LogP contribution in [0.2, 0.25) is 0 Å². The molecule has 0 fully saturated rings. The first-order valence-electron chi connectivity index (χ1n) is 5.98. The van der Waals surface area contributed by atoms with Crippen molar-refractivity contribution >= 4 is 17.2 Å². The number of aromatic nitrogens is 2. The number of rotatable bonds is 3. The second-order valence-corrected chi connectivity index (χ2v) is 4.23. The lowest BCUT2D eigenvalue weighted by atomic mass is 10.2. The maximum absolute atomic E-state index is 9.03. The minimum atomic E-state index is 0.188. The Morgan fingerprint density at radius 1 is 1.25 bits per heavy atom. The van der Waals surface area contributed by atoms with E-state index in [9.17, 15) is 0 Å². The molecular formula is C14H15N5O. The number of ether oxygens (including phenoxy) is 1. The average molecular weight is 269 g/mol. The SMILES string of the molecule is COc1ccc(N(C)c2nc(C)nc(C#N)c2N)cc1. The van der Waals surface area contributed by atoms with Gasteiger partial charge in [-0.25, -0.2) is 9.97 Å². The van der Waals surface area contributed by atoms with Crippen LogP contribution in [0.15, 0.2) is 24.3 Å². The molecular weight excluding hydrogens is 254 g/mol. The predicted octanol–water partition coefficient (Wildman–Crippen LogP) is 2.02. The Labute approximate surface area is 117 Å². The first kappa shape index (κ1) is 13.6. The molecule has 6 heteroatoms. The molecule has 0 saturated carbocycles. The topological polar surface area (TPSA) is 88.1 Å². The minimum absolute atomic E-state index is 0.188. The van der Waals surface area contributed by atoms with E-state index in [4.69, 9.17) is 15.7 Å². The van der Waals surface area contributed by atoms with Crippen molar-refractivity contribution in [2.24, 2.45) is 0 Å². The number of methoxy groups -OCH3 is 1. The summed E-state index contributed by atoms with van der Waals surface area (Å²) in [4.78, 5) is 10.1. The Balaban J connectivity index is 2.44. The van der Waals surface area contributed by atoms with Gasteiger partial charge < -0.3 is 15.4 Å². The number of nitriles is 1. The van der Waals surface area contributed by atoms with Crippen molar-refractivity contribution < 1.29 is 4.74 Å². The summed E-state index contributed by atoms with van der Waals surface area (Å²) in [6.45, 7) is 1.73. The fourth-order valence-electron chi connectivity index (χ4n) is 1.84. The van der Waals surface area contributed by atoms with E-state index in [1.807, 2.05) is 42.3 Å². The predicted molar refractivity (Wildman–Crippen MR) is 77.0 cm³/mol. The first-order valence-corrected chi connectivity index (χ1v) is 5.98. The van der Waals surface area contributed by atoms with Crippen LogP contribution in [0.4, 0.5) is 17.2 Å². The molecule has 2 rings (SSSR count). The van der Waals surface area contributed by atoms with Crippen LogP contribution >= 0.6 is 0 Å². The molecule has 102 valence electrons. The third-order valence-corrected chi connectivity index (χ3v) is 2.92. The summed E-state index contributed by atoms with van der Waals surface area (Å²) in [6, 6.07) is 9.46. The van der Waals surface area contributed by atoms with Gasteiger partial charge in [-0.15, -0.1) is 0 Å². The van der Waals surface area contributed by atoms with Crippen molar-refractivity contribution in [1.82, 2.24) is 9.97 Å². The van der Waals surface area contributed by atoms with E-state index in [1.54, 1.807) is 14.0 Å². The van der Waals surface area contributed by atoms with Gasteiger partial charge in [0, 0.05) is 12.7 Å². The molecule has 6 nitrogen and oxygen atoms in total. The van der Waals surface area contributed by atoms with Gasteiger partial charge in [-0.1, -0.05) is 0 Å². The van der Waals surface area contributed by atoms with Gasteiger partial charge in [0.05, 0.1) is 7.11 Å². The third kappa shape index (κ3) is 2.47. The van der Waals surface area contributed by atoms with Crippen molar-refractivity contribution in [1.29, 1.82) is 5.26 Å². The molecule has 1 aromatic carbocycles. The monoisotopic (exact) mass is 269 g/mol. The minimum Gasteiger partial charge on any atom is -0.497 e. The smallest absolute Gasteiger partial charge is 0.169 e. The van der Waals surface area contributed by atoms with Gasteiger partial charge in [0.25, 0.3) is 0 Å². The highest BCUT2D eigenvalue weighted by Gasteiger charge is 2.15. The molecule has 0 unspecified atom stereocenters. The Hall–Kier alpha value is -2.81. The number of hydrogen-bond acceptors (Lipinski definition) is 6. The van der Waals surface area contributed by atoms with E-state index in [2.05, 4.69) is 9.97 Å². The van der Waals surface area contributed by atoms with Gasteiger partial charge in [0.1, 0.15) is 23.3 Å². The highest BCUT2D eigenvalue weighted by molar-refractivity contribution is 5.74. The van der Waals surface area contributed by atoms with Crippen LogP contribution in [0.25, 0.3) is 0 Å². The molecule has 20 heavy (non-hydrogen) atoms. The zero-order valence-electron chi connectivity index (χ0n) is 11.6. The molecule has 0 aliphatic heterocycles. The number of nitrogen functional groups attached to an aromatic ring is 1. The number of nitrogens with zero attached hydrogens (tertiary/aromatic N) is 4. The molecule has 0 aliphatic rings. The Morgan fingerprint density at radius 2 is 1.90 bits per heavy atom. The summed E-state index contributed by atoms with van der Waals surface area (Å²) in [7, 11) is 3.45. The fraction of sp³-hybridized carbons (Fsp3) is 0.214. The van der Waals surface area contributed by atoms with Crippen molar-refractivity contribution in [3.63, 3.8) is 0 Å². The molecule has 0 bridgehead atoms.